The van der Waals surface area contributed by atoms with Gasteiger partial charge in [-0.25, -0.2) is 9.97 Å². The predicted molar refractivity (Wildman–Crippen MR) is 142 cm³/mol. The Labute approximate surface area is 211 Å². The molecular weight excluding hydrogens is 450 g/mol. The summed E-state index contributed by atoms with van der Waals surface area (Å²) in [4.78, 5) is 11.6. The highest BCUT2D eigenvalue weighted by molar-refractivity contribution is 6.00. The van der Waals surface area contributed by atoms with Gasteiger partial charge >= 0.3 is 0 Å². The van der Waals surface area contributed by atoms with Crippen LogP contribution in [-0.2, 0) is 0 Å². The van der Waals surface area contributed by atoms with Gasteiger partial charge in [0.2, 0.25) is 0 Å². The Balaban J connectivity index is 1.24. The van der Waals surface area contributed by atoms with E-state index in [4.69, 9.17) is 10.5 Å². The van der Waals surface area contributed by atoms with Crippen LogP contribution in [0.25, 0.3) is 22.2 Å². The Kier molecular flexibility index (Phi) is 6.34. The molecule has 7 heteroatoms. The molecule has 0 radical (unpaired) electrons. The average molecular weight is 484 g/mol. The van der Waals surface area contributed by atoms with Gasteiger partial charge in [0, 0.05) is 36.9 Å². The molecule has 0 spiro atoms. The average Bonchev–Trinajstić information content (AvgIpc) is 3.31. The number of hydrogen-bond acceptors (Lipinski definition) is 6. The monoisotopic (exact) mass is 483 g/mol. The first kappa shape index (κ1) is 23.0. The van der Waals surface area contributed by atoms with Crippen LogP contribution < -0.4 is 10.5 Å². The lowest BCUT2D eigenvalue weighted by Crippen LogP contribution is -2.44. The van der Waals surface area contributed by atoms with Crippen LogP contribution in [0.3, 0.4) is 0 Å². The van der Waals surface area contributed by atoms with Crippen molar-refractivity contribution >= 4 is 16.9 Å². The Morgan fingerprint density at radius 2 is 1.47 bits per heavy atom. The third-order valence-electron chi connectivity index (χ3n) is 7.86. The molecule has 186 valence electrons. The van der Waals surface area contributed by atoms with Gasteiger partial charge in [-0.1, -0.05) is 30.3 Å². The fourth-order valence-electron chi connectivity index (χ4n) is 5.89. The number of rotatable bonds is 5. The van der Waals surface area contributed by atoms with E-state index < -0.39 is 0 Å². The second kappa shape index (κ2) is 9.91. The Hall–Kier alpha value is -3.42. The number of hydrogen-bond donors (Lipinski definition) is 2. The van der Waals surface area contributed by atoms with Crippen LogP contribution in [-0.4, -0.2) is 49.8 Å². The first-order valence-corrected chi connectivity index (χ1v) is 13.0. The molecule has 2 aliphatic rings. The highest BCUT2D eigenvalue weighted by atomic mass is 16.5. The summed E-state index contributed by atoms with van der Waals surface area (Å²) in [5, 5.41) is 10.8. The number of nitrogens with two attached hydrogens (primary N) is 1. The normalized spacial score (nSPS) is 21.6. The number of fused-ring (bicyclic) bond motifs is 1. The zero-order valence-electron chi connectivity index (χ0n) is 20.5. The zero-order valence-corrected chi connectivity index (χ0v) is 20.5. The van der Waals surface area contributed by atoms with Crippen molar-refractivity contribution in [2.75, 3.05) is 18.8 Å². The number of aromatic nitrogens is 3. The summed E-state index contributed by atoms with van der Waals surface area (Å²) in [6, 6.07) is 18.9. The summed E-state index contributed by atoms with van der Waals surface area (Å²) >= 11 is 0. The van der Waals surface area contributed by atoms with E-state index >= 15 is 0 Å². The minimum atomic E-state index is -0.119. The Morgan fingerprint density at radius 1 is 0.806 bits per heavy atom. The smallest absolute Gasteiger partial charge is 0.146 e. The van der Waals surface area contributed by atoms with Gasteiger partial charge in [-0.05, 0) is 68.4 Å². The van der Waals surface area contributed by atoms with E-state index in [0.29, 0.717) is 17.9 Å². The largest absolute Gasteiger partial charge is 0.457 e. The number of nitrogens with zero attached hydrogens (tertiary/aromatic N) is 4. The zero-order chi connectivity index (χ0) is 24.5. The SMILES string of the molecule is Nc1ncnc2c1c(-c1ccc(Oc3ccccc3)cc1)cn2C1CCC(N2CCC(O)CC2)CC1. The van der Waals surface area contributed by atoms with Crippen molar-refractivity contribution < 1.29 is 9.84 Å². The topological polar surface area (TPSA) is 89.4 Å². The van der Waals surface area contributed by atoms with Crippen molar-refractivity contribution in [1.82, 2.24) is 19.4 Å². The van der Waals surface area contributed by atoms with Gasteiger partial charge in [0.1, 0.15) is 29.3 Å². The molecule has 0 bridgehead atoms. The van der Waals surface area contributed by atoms with Crippen LogP contribution >= 0.6 is 0 Å². The molecule has 1 saturated heterocycles. The minimum Gasteiger partial charge on any atom is -0.457 e. The maximum Gasteiger partial charge on any atom is 0.146 e. The molecule has 2 aromatic carbocycles. The van der Waals surface area contributed by atoms with Gasteiger partial charge in [-0.3, -0.25) is 0 Å². The number of likely N-dealkylation sites (tertiary alicyclic amines) is 1. The number of benzene rings is 2. The fraction of sp³-hybridized carbons (Fsp3) is 0.379. The lowest BCUT2D eigenvalue weighted by atomic mass is 9.89. The first-order valence-electron chi connectivity index (χ1n) is 13.0. The molecule has 1 aliphatic heterocycles. The predicted octanol–water partition coefficient (Wildman–Crippen LogP) is 5.41. The maximum atomic E-state index is 9.86. The van der Waals surface area contributed by atoms with E-state index in [2.05, 4.69) is 37.8 Å². The number of para-hydroxylation sites is 1. The van der Waals surface area contributed by atoms with Gasteiger partial charge in [0.25, 0.3) is 0 Å². The molecular formula is C29H33N5O2. The van der Waals surface area contributed by atoms with E-state index in [1.54, 1.807) is 6.33 Å². The third kappa shape index (κ3) is 4.56. The molecule has 0 unspecified atom stereocenters. The molecule has 2 aromatic heterocycles. The lowest BCUT2D eigenvalue weighted by molar-refractivity contribution is 0.0462. The summed E-state index contributed by atoms with van der Waals surface area (Å²) in [7, 11) is 0. The second-order valence-electron chi connectivity index (χ2n) is 10.1. The summed E-state index contributed by atoms with van der Waals surface area (Å²) in [6.07, 6.45) is 10.0. The molecule has 3 heterocycles. The number of piperidine rings is 1. The van der Waals surface area contributed by atoms with Gasteiger partial charge in [-0.15, -0.1) is 0 Å². The highest BCUT2D eigenvalue weighted by Crippen LogP contribution is 2.39. The van der Waals surface area contributed by atoms with Crippen molar-refractivity contribution in [1.29, 1.82) is 0 Å². The van der Waals surface area contributed by atoms with Crippen LogP contribution in [0, 0.1) is 0 Å². The first-order chi connectivity index (χ1) is 17.7. The Bertz CT molecular complexity index is 1310. The molecule has 7 nitrogen and oxygen atoms in total. The number of ether oxygens (including phenoxy) is 1. The van der Waals surface area contributed by atoms with Gasteiger partial charge in [0.15, 0.2) is 0 Å². The van der Waals surface area contributed by atoms with Gasteiger partial charge in [-0.2, -0.15) is 0 Å². The van der Waals surface area contributed by atoms with E-state index in [1.165, 1.54) is 12.8 Å². The lowest BCUT2D eigenvalue weighted by Gasteiger charge is -2.40. The second-order valence-corrected chi connectivity index (χ2v) is 10.1. The van der Waals surface area contributed by atoms with Crippen LogP contribution in [0.4, 0.5) is 5.82 Å². The molecule has 3 N–H and O–H groups in total. The van der Waals surface area contributed by atoms with Crippen molar-refractivity contribution in [3.8, 4) is 22.6 Å². The van der Waals surface area contributed by atoms with Crippen molar-refractivity contribution in [2.24, 2.45) is 0 Å². The summed E-state index contributed by atoms with van der Waals surface area (Å²) < 4.78 is 8.30. The number of aliphatic hydroxyl groups excluding tert-OH is 1. The quantitative estimate of drug-likeness (QED) is 0.394. The molecule has 1 saturated carbocycles. The van der Waals surface area contributed by atoms with Gasteiger partial charge < -0.3 is 25.0 Å². The van der Waals surface area contributed by atoms with Crippen LogP contribution in [0.1, 0.15) is 44.6 Å². The highest BCUT2D eigenvalue weighted by Gasteiger charge is 2.30. The van der Waals surface area contributed by atoms with Crippen LogP contribution in [0.15, 0.2) is 67.1 Å². The molecule has 0 atom stereocenters. The standard InChI is InChI=1S/C29H33N5O2/c30-28-27-26(20-6-12-25(13-7-20)36-24-4-2-1-3-5-24)18-34(29(27)32-19-31-28)22-10-8-21(9-11-22)33-16-14-23(35)15-17-33/h1-7,12-13,18-19,21-23,35H,8-11,14-17H2,(H2,30,31,32). The van der Waals surface area contributed by atoms with Gasteiger partial charge in [0.05, 0.1) is 11.5 Å². The number of anilines is 1. The molecule has 1 aliphatic carbocycles. The molecule has 6 rings (SSSR count). The third-order valence-corrected chi connectivity index (χ3v) is 7.86. The van der Waals surface area contributed by atoms with Crippen LogP contribution in [0.2, 0.25) is 0 Å². The summed E-state index contributed by atoms with van der Waals surface area (Å²) in [5.74, 6) is 2.12. The van der Waals surface area contributed by atoms with Crippen molar-refractivity contribution in [2.45, 2.75) is 56.7 Å². The minimum absolute atomic E-state index is 0.119. The number of aliphatic hydroxyl groups is 1. The van der Waals surface area contributed by atoms with E-state index in [9.17, 15) is 5.11 Å². The Morgan fingerprint density at radius 3 is 2.19 bits per heavy atom. The van der Waals surface area contributed by atoms with E-state index in [1.807, 2.05) is 42.5 Å². The summed E-state index contributed by atoms with van der Waals surface area (Å²) in [6.45, 7) is 2.03. The maximum absolute atomic E-state index is 9.86. The molecule has 36 heavy (non-hydrogen) atoms. The van der Waals surface area contributed by atoms with E-state index in [-0.39, 0.29) is 6.10 Å². The molecule has 2 fully saturated rings. The molecule has 0 amide bonds. The van der Waals surface area contributed by atoms with Crippen LogP contribution in [0.5, 0.6) is 11.5 Å². The summed E-state index contributed by atoms with van der Waals surface area (Å²) in [5.41, 5.74) is 9.42. The fourth-order valence-corrected chi connectivity index (χ4v) is 5.89. The van der Waals surface area contributed by atoms with E-state index in [0.717, 1.165) is 72.4 Å². The number of nitrogen functional groups attached to an aromatic ring is 1. The van der Waals surface area contributed by atoms with Crippen molar-refractivity contribution in [3.63, 3.8) is 0 Å². The van der Waals surface area contributed by atoms with Crippen molar-refractivity contribution in [3.05, 3.63) is 67.1 Å². The molecule has 4 aromatic rings.